The smallest absolute Gasteiger partial charge is 0.252 e. The van der Waals surface area contributed by atoms with Crippen molar-refractivity contribution in [3.05, 3.63) is 83.0 Å². The summed E-state index contributed by atoms with van der Waals surface area (Å²) in [6, 6.07) is 19.0. The minimum Gasteiger partial charge on any atom is -0.355 e. The molecule has 3 aromatic heterocycles. The lowest BCUT2D eigenvalue weighted by atomic mass is 10.1. The number of halogens is 1. The van der Waals surface area contributed by atoms with Gasteiger partial charge in [0.2, 0.25) is 0 Å². The maximum Gasteiger partial charge on any atom is 0.252 e. The molecule has 0 radical (unpaired) electrons. The highest BCUT2D eigenvalue weighted by Crippen LogP contribution is 2.26. The van der Waals surface area contributed by atoms with E-state index in [-0.39, 0.29) is 5.91 Å². The van der Waals surface area contributed by atoms with E-state index in [1.54, 1.807) is 30.1 Å². The topological polar surface area (TPSA) is 85.6 Å². The number of fused-ring (bicyclic) bond motifs is 2. The van der Waals surface area contributed by atoms with Crippen LogP contribution in [0.2, 0.25) is 5.02 Å². The molecular weight excluding hydrogens is 412 g/mol. The normalized spacial score (nSPS) is 11.2. The Kier molecular flexibility index (Phi) is 4.80. The van der Waals surface area contributed by atoms with Gasteiger partial charge in [0.25, 0.3) is 5.91 Å². The molecule has 0 saturated carbocycles. The molecule has 0 bridgehead atoms. The highest BCUT2D eigenvalue weighted by Gasteiger charge is 2.13. The van der Waals surface area contributed by atoms with Crippen molar-refractivity contribution in [3.63, 3.8) is 0 Å². The molecule has 0 atom stereocenters. The third-order valence-corrected chi connectivity index (χ3v) is 5.45. The van der Waals surface area contributed by atoms with E-state index in [0.717, 1.165) is 27.7 Å². The molecule has 2 aromatic carbocycles. The lowest BCUT2D eigenvalue weighted by molar-refractivity contribution is 0.0963. The Bertz CT molecular complexity index is 1440. The molecule has 5 rings (SSSR count). The molecule has 0 fully saturated rings. The Balaban J connectivity index is 1.54. The summed E-state index contributed by atoms with van der Waals surface area (Å²) in [7, 11) is 1.57. The molecule has 0 aliphatic rings. The van der Waals surface area contributed by atoms with Gasteiger partial charge in [0, 0.05) is 24.2 Å². The van der Waals surface area contributed by atoms with Crippen LogP contribution < -0.4 is 5.32 Å². The molecule has 0 spiro atoms. The van der Waals surface area contributed by atoms with Gasteiger partial charge in [0.05, 0.1) is 28.3 Å². The van der Waals surface area contributed by atoms with Crippen molar-refractivity contribution in [1.29, 1.82) is 0 Å². The number of hydrogen-bond acceptors (Lipinski definition) is 5. The van der Waals surface area contributed by atoms with E-state index in [4.69, 9.17) is 16.6 Å². The van der Waals surface area contributed by atoms with Crippen LogP contribution in [0.25, 0.3) is 33.3 Å². The number of hydrogen-bond donors (Lipinski definition) is 1. The van der Waals surface area contributed by atoms with E-state index in [0.29, 0.717) is 28.3 Å². The number of carbonyl (C=O) groups is 1. The third-order valence-electron chi connectivity index (χ3n) is 5.13. The summed E-state index contributed by atoms with van der Waals surface area (Å²) >= 11 is 6.32. The summed E-state index contributed by atoms with van der Waals surface area (Å²) < 4.78 is 1.77. The number of pyridine rings is 2. The van der Waals surface area contributed by atoms with Gasteiger partial charge in [-0.3, -0.25) is 9.78 Å². The number of nitrogens with zero attached hydrogens (tertiary/aromatic N) is 5. The van der Waals surface area contributed by atoms with Gasteiger partial charge in [-0.25, -0.2) is 9.67 Å². The summed E-state index contributed by atoms with van der Waals surface area (Å²) in [6.45, 7) is 0.498. The lowest BCUT2D eigenvalue weighted by Gasteiger charge is -2.08. The highest BCUT2D eigenvalue weighted by molar-refractivity contribution is 6.34. The first-order valence-electron chi connectivity index (χ1n) is 9.69. The first-order chi connectivity index (χ1) is 15.1. The van der Waals surface area contributed by atoms with Crippen LogP contribution in [0.4, 0.5) is 0 Å². The fourth-order valence-corrected chi connectivity index (χ4v) is 3.84. The Morgan fingerprint density at radius 2 is 1.97 bits per heavy atom. The number of benzene rings is 2. The number of rotatable bonds is 4. The van der Waals surface area contributed by atoms with Crippen LogP contribution in [0, 0.1) is 0 Å². The van der Waals surface area contributed by atoms with Crippen molar-refractivity contribution in [2.75, 3.05) is 7.05 Å². The second-order valence-electron chi connectivity index (χ2n) is 7.05. The van der Waals surface area contributed by atoms with Crippen molar-refractivity contribution in [1.82, 2.24) is 30.3 Å². The summed E-state index contributed by atoms with van der Waals surface area (Å²) in [5.41, 5.74) is 5.28. The molecule has 0 aliphatic carbocycles. The minimum atomic E-state index is -0.231. The van der Waals surface area contributed by atoms with Crippen LogP contribution in [-0.2, 0) is 6.54 Å². The van der Waals surface area contributed by atoms with Gasteiger partial charge in [0.1, 0.15) is 5.52 Å². The zero-order valence-corrected chi connectivity index (χ0v) is 17.3. The number of amides is 1. The van der Waals surface area contributed by atoms with E-state index in [1.165, 1.54) is 0 Å². The van der Waals surface area contributed by atoms with Crippen LogP contribution in [0.3, 0.4) is 0 Å². The summed E-state index contributed by atoms with van der Waals surface area (Å²) in [5, 5.41) is 12.6. The highest BCUT2D eigenvalue weighted by atomic mass is 35.5. The lowest BCUT2D eigenvalue weighted by Crippen LogP contribution is -2.18. The summed E-state index contributed by atoms with van der Waals surface area (Å²) in [6.07, 6.45) is 1.79. The summed E-state index contributed by atoms with van der Waals surface area (Å²) in [5.74, 6) is -0.231. The fraction of sp³-hybridized carbons (Fsp3) is 0.0870. The predicted molar refractivity (Wildman–Crippen MR) is 120 cm³/mol. The van der Waals surface area contributed by atoms with E-state index in [1.807, 2.05) is 48.5 Å². The zero-order valence-electron chi connectivity index (χ0n) is 16.6. The van der Waals surface area contributed by atoms with E-state index >= 15 is 0 Å². The number of nitrogens with one attached hydrogen (secondary N) is 1. The Hall–Kier alpha value is -3.84. The van der Waals surface area contributed by atoms with Crippen LogP contribution in [-0.4, -0.2) is 37.9 Å². The van der Waals surface area contributed by atoms with Crippen LogP contribution in [0.5, 0.6) is 0 Å². The molecule has 1 N–H and O–H groups in total. The maximum atomic E-state index is 11.9. The molecule has 3 heterocycles. The number of carbonyl (C=O) groups excluding carboxylic acids is 1. The van der Waals surface area contributed by atoms with Crippen LogP contribution >= 0.6 is 11.6 Å². The average molecular weight is 429 g/mol. The number of aromatic nitrogens is 5. The monoisotopic (exact) mass is 428 g/mol. The standard InChI is InChI=1S/C23H17ClN6O/c1-25-23(31)17-8-7-15(12-18(17)24)19-9-10-20-22(27-19)30(29-28-20)13-16-5-2-4-14-6-3-11-26-21(14)16/h2-12H,13H2,1H3,(H,25,31). The Morgan fingerprint density at radius 3 is 2.81 bits per heavy atom. The molecule has 0 saturated heterocycles. The van der Waals surface area contributed by atoms with Crippen molar-refractivity contribution in [3.8, 4) is 11.3 Å². The van der Waals surface area contributed by atoms with Crippen molar-refractivity contribution >= 4 is 39.6 Å². The Labute approximate surface area is 182 Å². The second kappa shape index (κ2) is 7.77. The largest absolute Gasteiger partial charge is 0.355 e. The fourth-order valence-electron chi connectivity index (χ4n) is 3.57. The molecule has 31 heavy (non-hydrogen) atoms. The molecule has 0 unspecified atom stereocenters. The first-order valence-corrected chi connectivity index (χ1v) is 10.1. The minimum absolute atomic E-state index is 0.231. The zero-order chi connectivity index (χ0) is 21.4. The van der Waals surface area contributed by atoms with Gasteiger partial charge in [-0.1, -0.05) is 47.1 Å². The Morgan fingerprint density at radius 1 is 1.10 bits per heavy atom. The van der Waals surface area contributed by atoms with Gasteiger partial charge in [-0.05, 0) is 35.9 Å². The van der Waals surface area contributed by atoms with Crippen LogP contribution in [0.15, 0.2) is 66.9 Å². The molecule has 152 valence electrons. The molecule has 7 nitrogen and oxygen atoms in total. The van der Waals surface area contributed by atoms with Crippen molar-refractivity contribution < 1.29 is 4.79 Å². The van der Waals surface area contributed by atoms with Gasteiger partial charge in [-0.2, -0.15) is 0 Å². The van der Waals surface area contributed by atoms with Gasteiger partial charge in [-0.15, -0.1) is 5.10 Å². The third kappa shape index (κ3) is 3.49. The summed E-state index contributed by atoms with van der Waals surface area (Å²) in [4.78, 5) is 21.2. The SMILES string of the molecule is CNC(=O)c1ccc(-c2ccc3nnn(Cc4cccc5cccnc45)c3n2)cc1Cl. The molecule has 8 heteroatoms. The predicted octanol–water partition coefficient (Wildman–Crippen LogP) is 4.10. The molecular formula is C23H17ClN6O. The maximum absolute atomic E-state index is 11.9. The van der Waals surface area contributed by atoms with Gasteiger partial charge in [0.15, 0.2) is 5.65 Å². The van der Waals surface area contributed by atoms with E-state index in [2.05, 4.69) is 20.6 Å². The van der Waals surface area contributed by atoms with Gasteiger partial charge >= 0.3 is 0 Å². The quantitative estimate of drug-likeness (QED) is 0.465. The van der Waals surface area contributed by atoms with Gasteiger partial charge < -0.3 is 5.32 Å². The molecule has 1 amide bonds. The van der Waals surface area contributed by atoms with Crippen molar-refractivity contribution in [2.45, 2.75) is 6.54 Å². The van der Waals surface area contributed by atoms with E-state index < -0.39 is 0 Å². The second-order valence-corrected chi connectivity index (χ2v) is 7.46. The van der Waals surface area contributed by atoms with Crippen molar-refractivity contribution in [2.24, 2.45) is 0 Å². The molecule has 0 aliphatic heterocycles. The van der Waals surface area contributed by atoms with E-state index in [9.17, 15) is 4.79 Å². The average Bonchev–Trinajstić information content (AvgIpc) is 3.20. The first kappa shape index (κ1) is 19.1. The molecule has 5 aromatic rings. The van der Waals surface area contributed by atoms with Crippen LogP contribution in [0.1, 0.15) is 15.9 Å². The number of para-hydroxylation sites is 1.